The summed E-state index contributed by atoms with van der Waals surface area (Å²) in [6.07, 6.45) is 3.94. The van der Waals surface area contributed by atoms with Gasteiger partial charge in [0.2, 0.25) is 0 Å². The number of carboxylic acid groups (broad SMARTS) is 1. The Morgan fingerprint density at radius 1 is 0.721 bits per heavy atom. The highest BCUT2D eigenvalue weighted by Crippen LogP contribution is 2.25. The molecule has 0 radical (unpaired) electrons. The molecule has 0 saturated carbocycles. The topological polar surface area (TPSA) is 83.9 Å². The number of carbonyl (C=O) groups is 3. The second-order valence-corrected chi connectivity index (χ2v) is 11.1. The lowest BCUT2D eigenvalue weighted by atomic mass is 9.91. The number of nitrogens with zero attached hydrogens (tertiary/aromatic N) is 1. The van der Waals surface area contributed by atoms with Crippen molar-refractivity contribution in [3.8, 4) is 16.9 Å². The normalized spacial score (nSPS) is 13.7. The van der Waals surface area contributed by atoms with Crippen LogP contribution in [0.4, 0.5) is 0 Å². The molecule has 43 heavy (non-hydrogen) atoms. The molecule has 5 rings (SSSR count). The van der Waals surface area contributed by atoms with Gasteiger partial charge in [-0.3, -0.25) is 14.4 Å². The minimum Gasteiger partial charge on any atom is -0.489 e. The third-order valence-electron chi connectivity index (χ3n) is 8.02. The van der Waals surface area contributed by atoms with Crippen molar-refractivity contribution in [1.82, 2.24) is 4.90 Å². The molecule has 6 heteroatoms. The molecule has 1 N–H and O–H groups in total. The first kappa shape index (κ1) is 29.8. The van der Waals surface area contributed by atoms with E-state index >= 15 is 0 Å². The van der Waals surface area contributed by atoms with Crippen molar-refractivity contribution < 1.29 is 24.2 Å². The van der Waals surface area contributed by atoms with Crippen LogP contribution in [-0.2, 0) is 17.8 Å². The van der Waals surface area contributed by atoms with Gasteiger partial charge in [-0.15, -0.1) is 0 Å². The van der Waals surface area contributed by atoms with Crippen LogP contribution in [0.5, 0.6) is 5.75 Å². The summed E-state index contributed by atoms with van der Waals surface area (Å²) in [5.41, 5.74) is 5.09. The molecule has 0 aliphatic carbocycles. The smallest absolute Gasteiger partial charge is 0.306 e. The quantitative estimate of drug-likeness (QED) is 0.177. The molecule has 1 unspecified atom stereocenters. The zero-order valence-electron chi connectivity index (χ0n) is 24.3. The summed E-state index contributed by atoms with van der Waals surface area (Å²) in [7, 11) is 0. The Hall–Kier alpha value is -4.71. The van der Waals surface area contributed by atoms with Gasteiger partial charge in [0.25, 0.3) is 5.91 Å². The number of hydrogen-bond donors (Lipinski definition) is 1. The van der Waals surface area contributed by atoms with Gasteiger partial charge >= 0.3 is 5.97 Å². The number of Topliss-reactive ketones (excluding diaryl/α,β-unsaturated/α-hetero) is 1. The first-order valence-corrected chi connectivity index (χ1v) is 15.0. The molecule has 1 heterocycles. The number of hydrogen-bond acceptors (Lipinski definition) is 4. The standard InChI is InChI=1S/C37H37NO5/c39-35(25-33(37(41)42)13-12-27-10-7-11-32(24-27)36(40)38-22-5-2-6-23-38)31-16-14-29(15-17-31)30-18-20-34(21-19-30)43-26-28-8-3-1-4-9-28/h1,3-4,7-11,14-21,24,33H,2,5-6,12-13,22-23,25-26H2,(H,41,42). The minimum atomic E-state index is -0.986. The molecule has 1 amide bonds. The maximum atomic E-state index is 13.0. The number of amides is 1. The Labute approximate surface area is 252 Å². The van der Waals surface area contributed by atoms with Crippen molar-refractivity contribution in [3.63, 3.8) is 0 Å². The van der Waals surface area contributed by atoms with E-state index in [4.69, 9.17) is 4.74 Å². The average molecular weight is 576 g/mol. The Kier molecular flexibility index (Phi) is 10.0. The Balaban J connectivity index is 1.15. The lowest BCUT2D eigenvalue weighted by Gasteiger charge is -2.26. The van der Waals surface area contributed by atoms with Crippen molar-refractivity contribution in [3.05, 3.63) is 125 Å². The summed E-state index contributed by atoms with van der Waals surface area (Å²) in [5.74, 6) is -1.18. The van der Waals surface area contributed by atoms with Crippen LogP contribution >= 0.6 is 0 Å². The maximum Gasteiger partial charge on any atom is 0.306 e. The van der Waals surface area contributed by atoms with Crippen LogP contribution in [0.15, 0.2) is 103 Å². The molecular formula is C37H37NO5. The number of carboxylic acids is 1. The van der Waals surface area contributed by atoms with Crippen LogP contribution in [-0.4, -0.2) is 40.8 Å². The fourth-order valence-electron chi connectivity index (χ4n) is 5.47. The van der Waals surface area contributed by atoms with Crippen molar-refractivity contribution in [2.24, 2.45) is 5.92 Å². The number of ketones is 1. The zero-order valence-corrected chi connectivity index (χ0v) is 24.3. The van der Waals surface area contributed by atoms with Gasteiger partial charge in [-0.1, -0.05) is 78.9 Å². The Morgan fingerprint density at radius 3 is 2.05 bits per heavy atom. The molecule has 0 aromatic heterocycles. The molecular weight excluding hydrogens is 538 g/mol. The van der Waals surface area contributed by atoms with Gasteiger partial charge in [0.15, 0.2) is 5.78 Å². The minimum absolute atomic E-state index is 0.0299. The number of rotatable bonds is 12. The van der Waals surface area contributed by atoms with Crippen LogP contribution in [0.3, 0.4) is 0 Å². The van der Waals surface area contributed by atoms with Gasteiger partial charge in [0, 0.05) is 30.6 Å². The summed E-state index contributed by atoms with van der Waals surface area (Å²) >= 11 is 0. The number of aryl methyl sites for hydroxylation is 1. The van der Waals surface area contributed by atoms with Gasteiger partial charge in [-0.05, 0) is 78.6 Å². The predicted molar refractivity (Wildman–Crippen MR) is 167 cm³/mol. The van der Waals surface area contributed by atoms with E-state index in [2.05, 4.69) is 0 Å². The first-order chi connectivity index (χ1) is 21.0. The third kappa shape index (κ3) is 8.19. The summed E-state index contributed by atoms with van der Waals surface area (Å²) in [6, 6.07) is 32.5. The molecule has 1 atom stereocenters. The predicted octanol–water partition coefficient (Wildman–Crippen LogP) is 7.47. The summed E-state index contributed by atoms with van der Waals surface area (Å²) in [5, 5.41) is 9.85. The Morgan fingerprint density at radius 2 is 1.37 bits per heavy atom. The van der Waals surface area contributed by atoms with E-state index in [-0.39, 0.29) is 18.1 Å². The van der Waals surface area contributed by atoms with Crippen molar-refractivity contribution in [2.45, 2.75) is 45.1 Å². The summed E-state index contributed by atoms with van der Waals surface area (Å²) in [4.78, 5) is 39.9. The summed E-state index contributed by atoms with van der Waals surface area (Å²) in [6.45, 7) is 2.06. The largest absolute Gasteiger partial charge is 0.489 e. The van der Waals surface area contributed by atoms with E-state index in [1.807, 2.05) is 95.9 Å². The van der Waals surface area contributed by atoms with Crippen LogP contribution in [0.25, 0.3) is 11.1 Å². The van der Waals surface area contributed by atoms with Crippen molar-refractivity contribution in [1.29, 1.82) is 0 Å². The van der Waals surface area contributed by atoms with Crippen LogP contribution < -0.4 is 4.74 Å². The lowest BCUT2D eigenvalue weighted by molar-refractivity contribution is -0.141. The Bertz CT molecular complexity index is 1520. The van der Waals surface area contributed by atoms with Crippen LogP contribution in [0, 0.1) is 5.92 Å². The number of piperidine rings is 1. The van der Waals surface area contributed by atoms with Gasteiger partial charge in [-0.25, -0.2) is 0 Å². The number of carbonyl (C=O) groups excluding carboxylic acids is 2. The van der Waals surface area contributed by atoms with Gasteiger partial charge in [-0.2, -0.15) is 0 Å². The first-order valence-electron chi connectivity index (χ1n) is 15.0. The highest BCUT2D eigenvalue weighted by atomic mass is 16.5. The average Bonchev–Trinajstić information content (AvgIpc) is 3.06. The van der Waals surface area contributed by atoms with Crippen molar-refractivity contribution >= 4 is 17.7 Å². The van der Waals surface area contributed by atoms with E-state index in [0.29, 0.717) is 30.6 Å². The molecule has 0 spiro atoms. The molecule has 1 aliphatic heterocycles. The van der Waals surface area contributed by atoms with E-state index in [1.165, 1.54) is 0 Å². The van der Waals surface area contributed by atoms with Gasteiger partial charge < -0.3 is 14.7 Å². The van der Waals surface area contributed by atoms with Crippen molar-refractivity contribution in [2.75, 3.05) is 13.1 Å². The van der Waals surface area contributed by atoms with E-state index in [1.54, 1.807) is 12.1 Å². The lowest BCUT2D eigenvalue weighted by Crippen LogP contribution is -2.35. The third-order valence-corrected chi connectivity index (χ3v) is 8.02. The number of benzene rings is 4. The number of ether oxygens (including phenoxy) is 1. The summed E-state index contributed by atoms with van der Waals surface area (Å²) < 4.78 is 5.87. The van der Waals surface area contributed by atoms with Crippen LogP contribution in [0.1, 0.15) is 63.9 Å². The number of likely N-dealkylation sites (tertiary alicyclic amines) is 1. The highest BCUT2D eigenvalue weighted by molar-refractivity contribution is 5.98. The second-order valence-electron chi connectivity index (χ2n) is 11.1. The maximum absolute atomic E-state index is 13.0. The SMILES string of the molecule is O=C(CC(CCc1cccc(C(=O)N2CCCCC2)c1)C(=O)O)c1ccc(-c2ccc(OCc3ccccc3)cc2)cc1. The highest BCUT2D eigenvalue weighted by Gasteiger charge is 2.23. The molecule has 0 bridgehead atoms. The zero-order chi connectivity index (χ0) is 30.0. The van der Waals surface area contributed by atoms with Gasteiger partial charge in [0.05, 0.1) is 5.92 Å². The van der Waals surface area contributed by atoms with E-state index in [9.17, 15) is 19.5 Å². The monoisotopic (exact) mass is 575 g/mol. The van der Waals surface area contributed by atoms with E-state index < -0.39 is 11.9 Å². The molecule has 4 aromatic carbocycles. The fraction of sp³-hybridized carbons (Fsp3) is 0.270. The van der Waals surface area contributed by atoms with Gasteiger partial charge in [0.1, 0.15) is 12.4 Å². The molecule has 4 aromatic rings. The molecule has 6 nitrogen and oxygen atoms in total. The molecule has 1 fully saturated rings. The van der Waals surface area contributed by atoms with Crippen LogP contribution in [0.2, 0.25) is 0 Å². The number of aliphatic carboxylic acids is 1. The fourth-order valence-corrected chi connectivity index (χ4v) is 5.47. The second kappa shape index (κ2) is 14.5. The molecule has 1 aliphatic rings. The molecule has 1 saturated heterocycles. The van der Waals surface area contributed by atoms with E-state index in [0.717, 1.165) is 60.4 Å². The molecule has 220 valence electrons.